The van der Waals surface area contributed by atoms with Crippen LogP contribution >= 0.6 is 11.3 Å². The first-order valence-corrected chi connectivity index (χ1v) is 7.35. The van der Waals surface area contributed by atoms with Crippen molar-refractivity contribution in [3.8, 4) is 0 Å². The topological polar surface area (TPSA) is 78.4 Å². The van der Waals surface area contributed by atoms with Crippen molar-refractivity contribution < 1.29 is 14.7 Å². The third-order valence-corrected chi connectivity index (χ3v) is 3.73. The van der Waals surface area contributed by atoms with Gasteiger partial charge >= 0.3 is 12.0 Å². The molecule has 5 nitrogen and oxygen atoms in total. The number of thiophene rings is 1. The fraction of sp³-hybridized carbons (Fsp3) is 0.200. The smallest absolute Gasteiger partial charge is 0.338 e. The molecule has 0 aliphatic rings. The number of urea groups is 1. The summed E-state index contributed by atoms with van der Waals surface area (Å²) in [5.74, 6) is -1.05. The van der Waals surface area contributed by atoms with Crippen LogP contribution in [0.5, 0.6) is 0 Å². The van der Waals surface area contributed by atoms with E-state index in [-0.39, 0.29) is 5.56 Å². The summed E-state index contributed by atoms with van der Waals surface area (Å²) in [4.78, 5) is 22.7. The zero-order chi connectivity index (χ0) is 15.2. The largest absolute Gasteiger partial charge is 0.478 e. The summed E-state index contributed by atoms with van der Waals surface area (Å²) in [6.07, 6.45) is 0.728. The first kappa shape index (κ1) is 15.1. The molecular formula is C15H16N2O3S. The van der Waals surface area contributed by atoms with Crippen LogP contribution in [0, 0.1) is 6.92 Å². The third kappa shape index (κ3) is 4.32. The minimum atomic E-state index is -1.05. The summed E-state index contributed by atoms with van der Waals surface area (Å²) in [5.41, 5.74) is 2.44. The number of aromatic carboxylic acids is 1. The zero-order valence-corrected chi connectivity index (χ0v) is 12.4. The van der Waals surface area contributed by atoms with Crippen molar-refractivity contribution in [2.75, 3.05) is 11.9 Å². The van der Waals surface area contributed by atoms with E-state index in [1.807, 2.05) is 25.1 Å². The number of carbonyl (C=O) groups is 2. The second-order valence-corrected chi connectivity index (χ2v) is 5.50. The Kier molecular flexibility index (Phi) is 4.94. The molecule has 1 aromatic heterocycles. The number of carbonyl (C=O) groups excluding carboxylic acids is 1. The van der Waals surface area contributed by atoms with Crippen LogP contribution < -0.4 is 10.6 Å². The molecule has 2 aromatic rings. The van der Waals surface area contributed by atoms with Crippen LogP contribution in [0.15, 0.2) is 35.7 Å². The van der Waals surface area contributed by atoms with Crippen LogP contribution in [0.4, 0.5) is 9.80 Å². The summed E-state index contributed by atoms with van der Waals surface area (Å²) < 4.78 is 0. The molecule has 0 spiro atoms. The lowest BCUT2D eigenvalue weighted by Crippen LogP contribution is -2.30. The van der Waals surface area contributed by atoms with Crippen molar-refractivity contribution in [3.63, 3.8) is 0 Å². The Morgan fingerprint density at radius 3 is 2.81 bits per heavy atom. The first-order valence-electron chi connectivity index (χ1n) is 6.47. The highest BCUT2D eigenvalue weighted by atomic mass is 32.1. The predicted octanol–water partition coefficient (Wildman–Crippen LogP) is 3.12. The van der Waals surface area contributed by atoms with Gasteiger partial charge in [-0.3, -0.25) is 5.32 Å². The summed E-state index contributed by atoms with van der Waals surface area (Å²) in [6, 6.07) is 9.15. The Bertz CT molecular complexity index is 652. The van der Waals surface area contributed by atoms with E-state index in [2.05, 4.69) is 16.7 Å². The maximum absolute atomic E-state index is 11.7. The van der Waals surface area contributed by atoms with Crippen LogP contribution in [0.25, 0.3) is 0 Å². The van der Waals surface area contributed by atoms with Gasteiger partial charge in [-0.2, -0.15) is 0 Å². The summed E-state index contributed by atoms with van der Waals surface area (Å²) in [6.45, 7) is 2.51. The van der Waals surface area contributed by atoms with Crippen LogP contribution in [-0.4, -0.2) is 23.7 Å². The highest BCUT2D eigenvalue weighted by Crippen LogP contribution is 2.22. The first-order chi connectivity index (χ1) is 10.1. The number of amides is 2. The normalized spacial score (nSPS) is 10.1. The van der Waals surface area contributed by atoms with E-state index in [0.717, 1.165) is 12.0 Å². The Morgan fingerprint density at radius 2 is 2.10 bits per heavy atom. The van der Waals surface area contributed by atoms with Crippen molar-refractivity contribution in [1.82, 2.24) is 5.32 Å². The maximum atomic E-state index is 11.7. The molecule has 0 bridgehead atoms. The lowest BCUT2D eigenvalue weighted by molar-refractivity contribution is 0.0698. The lowest BCUT2D eigenvalue weighted by atomic mass is 10.1. The van der Waals surface area contributed by atoms with E-state index in [1.54, 1.807) is 5.38 Å². The molecule has 0 saturated heterocycles. The molecule has 0 aliphatic heterocycles. The fourth-order valence-electron chi connectivity index (χ4n) is 1.91. The highest BCUT2D eigenvalue weighted by molar-refractivity contribution is 7.14. The van der Waals surface area contributed by atoms with Crippen LogP contribution in [0.2, 0.25) is 0 Å². The second-order valence-electron chi connectivity index (χ2n) is 4.59. The number of carboxylic acid groups (broad SMARTS) is 1. The minimum Gasteiger partial charge on any atom is -0.478 e. The Balaban J connectivity index is 1.82. The van der Waals surface area contributed by atoms with Crippen molar-refractivity contribution in [1.29, 1.82) is 0 Å². The second kappa shape index (κ2) is 6.90. The molecule has 1 aromatic carbocycles. The van der Waals surface area contributed by atoms with E-state index in [0.29, 0.717) is 11.5 Å². The van der Waals surface area contributed by atoms with Gasteiger partial charge in [0, 0.05) is 6.54 Å². The number of rotatable bonds is 5. The van der Waals surface area contributed by atoms with Gasteiger partial charge in [0.15, 0.2) is 0 Å². The molecule has 110 valence electrons. The predicted molar refractivity (Wildman–Crippen MR) is 83.2 cm³/mol. The zero-order valence-electron chi connectivity index (χ0n) is 11.6. The van der Waals surface area contributed by atoms with Gasteiger partial charge in [0.05, 0.1) is 5.56 Å². The summed E-state index contributed by atoms with van der Waals surface area (Å²) >= 11 is 1.19. The molecule has 0 unspecified atom stereocenters. The monoisotopic (exact) mass is 304 g/mol. The summed E-state index contributed by atoms with van der Waals surface area (Å²) in [5, 5.41) is 16.2. The van der Waals surface area contributed by atoms with Crippen molar-refractivity contribution >= 4 is 28.3 Å². The van der Waals surface area contributed by atoms with Crippen molar-refractivity contribution in [3.05, 3.63) is 52.4 Å². The molecule has 2 rings (SSSR count). The molecule has 0 fully saturated rings. The molecule has 0 aliphatic carbocycles. The average molecular weight is 304 g/mol. The number of carboxylic acids is 1. The quantitative estimate of drug-likeness (QED) is 0.794. The molecule has 1 heterocycles. The number of anilines is 1. The van der Waals surface area contributed by atoms with Gasteiger partial charge in [-0.05, 0) is 30.4 Å². The Labute approximate surface area is 126 Å². The number of hydrogen-bond acceptors (Lipinski definition) is 3. The van der Waals surface area contributed by atoms with Crippen LogP contribution in [0.1, 0.15) is 21.5 Å². The molecule has 21 heavy (non-hydrogen) atoms. The average Bonchev–Trinajstić information content (AvgIpc) is 2.87. The molecular weight excluding hydrogens is 288 g/mol. The van der Waals surface area contributed by atoms with Crippen LogP contribution in [-0.2, 0) is 6.42 Å². The van der Waals surface area contributed by atoms with Gasteiger partial charge in [0.25, 0.3) is 0 Å². The Morgan fingerprint density at radius 1 is 1.29 bits per heavy atom. The standard InChI is InChI=1S/C15H16N2O3S/c1-10-3-2-4-11(9-10)5-7-16-15(20)17-13-12(14(18)19)6-8-21-13/h2-4,6,8-9H,5,7H2,1H3,(H,18,19)(H2,16,17,20). The number of hydrogen-bond donors (Lipinski definition) is 3. The van der Waals surface area contributed by atoms with Crippen molar-refractivity contribution in [2.45, 2.75) is 13.3 Å². The van der Waals surface area contributed by atoms with Gasteiger partial charge in [0.1, 0.15) is 5.00 Å². The van der Waals surface area contributed by atoms with Crippen LogP contribution in [0.3, 0.4) is 0 Å². The summed E-state index contributed by atoms with van der Waals surface area (Å²) in [7, 11) is 0. The molecule has 0 atom stereocenters. The Hall–Kier alpha value is -2.34. The van der Waals surface area contributed by atoms with Crippen molar-refractivity contribution in [2.24, 2.45) is 0 Å². The van der Waals surface area contributed by atoms with Gasteiger partial charge in [-0.15, -0.1) is 11.3 Å². The van der Waals surface area contributed by atoms with Gasteiger partial charge in [0.2, 0.25) is 0 Å². The van der Waals surface area contributed by atoms with E-state index < -0.39 is 12.0 Å². The van der Waals surface area contributed by atoms with Gasteiger partial charge < -0.3 is 10.4 Å². The number of nitrogens with one attached hydrogen (secondary N) is 2. The molecule has 2 amide bonds. The molecule has 0 radical (unpaired) electrons. The fourth-order valence-corrected chi connectivity index (χ4v) is 2.68. The molecule has 3 N–H and O–H groups in total. The molecule has 6 heteroatoms. The number of benzene rings is 1. The highest BCUT2D eigenvalue weighted by Gasteiger charge is 2.13. The number of aryl methyl sites for hydroxylation is 1. The molecule has 0 saturated carbocycles. The SMILES string of the molecule is Cc1cccc(CCNC(=O)Nc2sccc2C(=O)O)c1. The van der Waals surface area contributed by atoms with Gasteiger partial charge in [-0.25, -0.2) is 9.59 Å². The van der Waals surface area contributed by atoms with Gasteiger partial charge in [-0.1, -0.05) is 29.8 Å². The van der Waals surface area contributed by atoms with E-state index in [1.165, 1.54) is 23.0 Å². The maximum Gasteiger partial charge on any atom is 0.338 e. The third-order valence-electron chi connectivity index (χ3n) is 2.90. The minimum absolute atomic E-state index is 0.105. The van der Waals surface area contributed by atoms with E-state index in [9.17, 15) is 9.59 Å². The lowest BCUT2D eigenvalue weighted by Gasteiger charge is -2.07. The van der Waals surface area contributed by atoms with E-state index >= 15 is 0 Å². The van der Waals surface area contributed by atoms with E-state index in [4.69, 9.17) is 5.11 Å².